The van der Waals surface area contributed by atoms with Crippen LogP contribution in [0, 0.1) is 5.92 Å². The van der Waals surface area contributed by atoms with Crippen molar-refractivity contribution in [2.24, 2.45) is 5.92 Å². The molecular weight excluding hydrogens is 326 g/mol. The van der Waals surface area contributed by atoms with E-state index in [0.717, 1.165) is 63.7 Å². The maximum Gasteiger partial charge on any atom is 0.253 e. The Morgan fingerprint density at radius 1 is 1.19 bits per heavy atom. The Hall–Kier alpha value is -1.88. The number of carbonyl (C=O) groups is 2. The maximum atomic E-state index is 12.8. The number of nitrogens with one attached hydrogen (secondary N) is 2. The van der Waals surface area contributed by atoms with Crippen LogP contribution in [0.5, 0.6) is 0 Å². The Balaban J connectivity index is 1.50. The van der Waals surface area contributed by atoms with Crippen molar-refractivity contribution >= 4 is 11.8 Å². The van der Waals surface area contributed by atoms with Crippen molar-refractivity contribution in [1.82, 2.24) is 15.5 Å². The number of benzene rings is 1. The first-order chi connectivity index (χ1) is 12.7. The summed E-state index contributed by atoms with van der Waals surface area (Å²) >= 11 is 0. The maximum absolute atomic E-state index is 12.8. The van der Waals surface area contributed by atoms with Gasteiger partial charge in [-0.15, -0.1) is 0 Å². The van der Waals surface area contributed by atoms with Crippen LogP contribution in [-0.2, 0) is 11.2 Å². The predicted octanol–water partition coefficient (Wildman–Crippen LogP) is 2.36. The highest BCUT2D eigenvalue weighted by atomic mass is 16.2. The number of likely N-dealkylation sites (tertiary alicyclic amines) is 1. The van der Waals surface area contributed by atoms with E-state index >= 15 is 0 Å². The number of carbonyl (C=O) groups excluding carboxylic acids is 2. The molecule has 2 saturated heterocycles. The summed E-state index contributed by atoms with van der Waals surface area (Å²) in [4.78, 5) is 26.9. The zero-order valence-electron chi connectivity index (χ0n) is 15.8. The molecule has 142 valence electrons. The molecule has 2 aliphatic rings. The second-order valence-corrected chi connectivity index (χ2v) is 7.60. The lowest BCUT2D eigenvalue weighted by Gasteiger charge is -2.33. The normalized spacial score (nSPS) is 23.0. The van der Waals surface area contributed by atoms with E-state index in [1.807, 2.05) is 17.0 Å². The van der Waals surface area contributed by atoms with Crippen molar-refractivity contribution in [2.75, 3.05) is 26.2 Å². The van der Waals surface area contributed by atoms with Crippen molar-refractivity contribution in [3.63, 3.8) is 0 Å². The third kappa shape index (κ3) is 4.85. The smallest absolute Gasteiger partial charge is 0.253 e. The van der Waals surface area contributed by atoms with E-state index in [4.69, 9.17) is 0 Å². The Bertz CT molecular complexity index is 608. The summed E-state index contributed by atoms with van der Waals surface area (Å²) in [6.07, 6.45) is 6.23. The van der Waals surface area contributed by atoms with Gasteiger partial charge in [-0.25, -0.2) is 0 Å². The Morgan fingerprint density at radius 2 is 2.00 bits per heavy atom. The fourth-order valence-corrected chi connectivity index (χ4v) is 3.98. The molecule has 5 heteroatoms. The molecule has 0 saturated carbocycles. The van der Waals surface area contributed by atoms with Gasteiger partial charge < -0.3 is 15.5 Å². The van der Waals surface area contributed by atoms with E-state index < -0.39 is 0 Å². The molecule has 0 bridgehead atoms. The van der Waals surface area contributed by atoms with Crippen LogP contribution in [0.2, 0.25) is 0 Å². The second-order valence-electron chi connectivity index (χ2n) is 7.60. The molecule has 2 heterocycles. The molecule has 5 nitrogen and oxygen atoms in total. The summed E-state index contributed by atoms with van der Waals surface area (Å²) in [6.45, 7) is 5.30. The van der Waals surface area contributed by atoms with Gasteiger partial charge in [0.05, 0.1) is 6.04 Å². The summed E-state index contributed by atoms with van der Waals surface area (Å²) in [6, 6.07) is 7.99. The summed E-state index contributed by atoms with van der Waals surface area (Å²) in [5, 5.41) is 6.31. The largest absolute Gasteiger partial charge is 0.354 e. The number of piperidine rings is 1. The van der Waals surface area contributed by atoms with Crippen LogP contribution in [0.1, 0.15) is 54.9 Å². The summed E-state index contributed by atoms with van der Waals surface area (Å²) in [5.74, 6) is 0.566. The van der Waals surface area contributed by atoms with E-state index in [2.05, 4.69) is 29.7 Å². The number of hydrogen-bond donors (Lipinski definition) is 2. The Labute approximate surface area is 156 Å². The molecule has 1 aromatic rings. The quantitative estimate of drug-likeness (QED) is 0.822. The highest BCUT2D eigenvalue weighted by Crippen LogP contribution is 2.19. The van der Waals surface area contributed by atoms with E-state index in [0.29, 0.717) is 12.5 Å². The van der Waals surface area contributed by atoms with Gasteiger partial charge in [0.25, 0.3) is 5.91 Å². The molecule has 2 fully saturated rings. The summed E-state index contributed by atoms with van der Waals surface area (Å²) < 4.78 is 0. The van der Waals surface area contributed by atoms with Gasteiger partial charge in [0.2, 0.25) is 5.91 Å². The van der Waals surface area contributed by atoms with Crippen LogP contribution in [0.3, 0.4) is 0 Å². The second kappa shape index (κ2) is 9.17. The fourth-order valence-electron chi connectivity index (χ4n) is 3.98. The molecule has 0 aliphatic carbocycles. The number of hydrogen-bond acceptors (Lipinski definition) is 3. The van der Waals surface area contributed by atoms with E-state index in [-0.39, 0.29) is 17.9 Å². The molecular formula is C21H31N3O2. The molecule has 2 atom stereocenters. The van der Waals surface area contributed by atoms with E-state index in [1.165, 1.54) is 5.56 Å². The van der Waals surface area contributed by atoms with Crippen molar-refractivity contribution in [3.05, 3.63) is 35.4 Å². The summed E-state index contributed by atoms with van der Waals surface area (Å²) in [7, 11) is 0. The highest BCUT2D eigenvalue weighted by Gasteiger charge is 2.26. The van der Waals surface area contributed by atoms with E-state index in [1.54, 1.807) is 0 Å². The van der Waals surface area contributed by atoms with Crippen molar-refractivity contribution in [2.45, 2.75) is 51.5 Å². The summed E-state index contributed by atoms with van der Waals surface area (Å²) in [5.41, 5.74) is 2.05. The van der Waals surface area contributed by atoms with Crippen LogP contribution in [0.15, 0.2) is 24.3 Å². The van der Waals surface area contributed by atoms with Gasteiger partial charge in [0, 0.05) is 25.2 Å². The average molecular weight is 357 g/mol. The molecule has 2 N–H and O–H groups in total. The van der Waals surface area contributed by atoms with Crippen LogP contribution >= 0.6 is 0 Å². The predicted molar refractivity (Wildman–Crippen MR) is 103 cm³/mol. The molecule has 26 heavy (non-hydrogen) atoms. The Kier molecular flexibility index (Phi) is 6.67. The van der Waals surface area contributed by atoms with Gasteiger partial charge in [0.1, 0.15) is 0 Å². The number of rotatable bonds is 6. The minimum atomic E-state index is -0.0297. The van der Waals surface area contributed by atoms with Crippen molar-refractivity contribution in [3.8, 4) is 0 Å². The molecule has 0 aromatic heterocycles. The first-order valence-electron chi connectivity index (χ1n) is 10.1. The van der Waals surface area contributed by atoms with Crippen LogP contribution < -0.4 is 10.6 Å². The third-order valence-electron chi connectivity index (χ3n) is 5.49. The standard InChI is InChI=1S/C21H31N3O2/c1-2-5-16-8-10-18(11-9-16)21(26)24-13-4-6-17(15-24)14-23-20(25)19-7-3-12-22-19/h8-11,17,19,22H,2-7,12-15H2,1H3,(H,23,25). The molecule has 2 aliphatic heterocycles. The topological polar surface area (TPSA) is 61.4 Å². The van der Waals surface area contributed by atoms with Crippen molar-refractivity contribution < 1.29 is 9.59 Å². The lowest BCUT2D eigenvalue weighted by Crippen LogP contribution is -2.46. The first-order valence-corrected chi connectivity index (χ1v) is 10.1. The lowest BCUT2D eigenvalue weighted by molar-refractivity contribution is -0.123. The van der Waals surface area contributed by atoms with Gasteiger partial charge in [-0.05, 0) is 62.3 Å². The molecule has 1 aromatic carbocycles. The average Bonchev–Trinajstić information content (AvgIpc) is 3.22. The number of aryl methyl sites for hydroxylation is 1. The molecule has 3 rings (SSSR count). The van der Waals surface area contributed by atoms with Crippen LogP contribution in [-0.4, -0.2) is 48.9 Å². The molecule has 0 radical (unpaired) electrons. The SMILES string of the molecule is CCCc1ccc(C(=O)N2CCCC(CNC(=O)C3CCCN3)C2)cc1. The minimum absolute atomic E-state index is 0.0297. The zero-order valence-corrected chi connectivity index (χ0v) is 15.8. The number of nitrogens with zero attached hydrogens (tertiary/aromatic N) is 1. The van der Waals surface area contributed by atoms with Gasteiger partial charge >= 0.3 is 0 Å². The third-order valence-corrected chi connectivity index (χ3v) is 5.49. The van der Waals surface area contributed by atoms with Crippen LogP contribution in [0.25, 0.3) is 0 Å². The highest BCUT2D eigenvalue weighted by molar-refractivity contribution is 5.94. The van der Waals surface area contributed by atoms with E-state index in [9.17, 15) is 9.59 Å². The fraction of sp³-hybridized carbons (Fsp3) is 0.619. The lowest BCUT2D eigenvalue weighted by atomic mass is 9.97. The monoisotopic (exact) mass is 357 g/mol. The van der Waals surface area contributed by atoms with Gasteiger partial charge in [-0.3, -0.25) is 9.59 Å². The van der Waals surface area contributed by atoms with Crippen LogP contribution in [0.4, 0.5) is 0 Å². The van der Waals surface area contributed by atoms with Gasteiger partial charge in [-0.1, -0.05) is 25.5 Å². The number of amides is 2. The molecule has 2 amide bonds. The van der Waals surface area contributed by atoms with Crippen molar-refractivity contribution in [1.29, 1.82) is 0 Å². The first kappa shape index (κ1) is 18.9. The zero-order chi connectivity index (χ0) is 18.4. The molecule has 0 spiro atoms. The Morgan fingerprint density at radius 3 is 2.69 bits per heavy atom. The molecule has 2 unspecified atom stereocenters. The minimum Gasteiger partial charge on any atom is -0.354 e. The van der Waals surface area contributed by atoms with Gasteiger partial charge in [-0.2, -0.15) is 0 Å². The van der Waals surface area contributed by atoms with Gasteiger partial charge in [0.15, 0.2) is 0 Å².